The Balaban J connectivity index is 3.95. The zero-order valence-electron chi connectivity index (χ0n) is 10.6. The second-order valence-electron chi connectivity index (χ2n) is 5.78. The van der Waals surface area contributed by atoms with Crippen LogP contribution in [0.3, 0.4) is 0 Å². The van der Waals surface area contributed by atoms with Crippen LogP contribution in [-0.4, -0.2) is 23.8 Å². The van der Waals surface area contributed by atoms with E-state index in [9.17, 15) is 8.78 Å². The van der Waals surface area contributed by atoms with Crippen LogP contribution < -0.4 is 5.32 Å². The van der Waals surface area contributed by atoms with E-state index < -0.39 is 11.7 Å². The maximum atomic E-state index is 13.2. The molecule has 0 spiro atoms. The van der Waals surface area contributed by atoms with Crippen molar-refractivity contribution in [3.8, 4) is 0 Å². The van der Waals surface area contributed by atoms with Crippen molar-refractivity contribution >= 4 is 0 Å². The quantitative estimate of drug-likeness (QED) is 0.790. The molecule has 4 heteroatoms. The van der Waals surface area contributed by atoms with E-state index in [0.29, 0.717) is 0 Å². The van der Waals surface area contributed by atoms with Crippen LogP contribution in [0.15, 0.2) is 0 Å². The molecule has 0 aromatic carbocycles. The van der Waals surface area contributed by atoms with Gasteiger partial charge in [-0.3, -0.25) is 0 Å². The average molecular weight is 223 g/mol. The Morgan fingerprint density at radius 2 is 1.47 bits per heavy atom. The number of rotatable bonds is 4. The Labute approximate surface area is 91.4 Å². The molecular formula is C11H23F2NO. The van der Waals surface area contributed by atoms with Gasteiger partial charge >= 0.3 is 6.11 Å². The van der Waals surface area contributed by atoms with Gasteiger partial charge < -0.3 is 10.1 Å². The normalized spacial score (nSPS) is 14.4. The standard InChI is InChI=1S/C11H23F2NO/c1-9(2,3)14-8-7-11(12,13)15-10(4,5)6/h14H,7-8H2,1-6H3. The first-order chi connectivity index (χ1) is 6.41. The van der Waals surface area contributed by atoms with E-state index in [1.54, 1.807) is 20.8 Å². The third kappa shape index (κ3) is 10.1. The van der Waals surface area contributed by atoms with Crippen LogP contribution in [0.5, 0.6) is 0 Å². The molecule has 0 aliphatic carbocycles. The van der Waals surface area contributed by atoms with Crippen molar-refractivity contribution in [3.63, 3.8) is 0 Å². The highest BCUT2D eigenvalue weighted by Crippen LogP contribution is 2.26. The second-order valence-corrected chi connectivity index (χ2v) is 5.78. The fraction of sp³-hybridized carbons (Fsp3) is 1.00. The summed E-state index contributed by atoms with van der Waals surface area (Å²) < 4.78 is 31.1. The maximum absolute atomic E-state index is 13.2. The van der Waals surface area contributed by atoms with Crippen molar-refractivity contribution in [2.24, 2.45) is 0 Å². The predicted octanol–water partition coefficient (Wildman–Crippen LogP) is 3.17. The Kier molecular flexibility index (Phi) is 4.67. The Hall–Kier alpha value is -0.220. The van der Waals surface area contributed by atoms with Gasteiger partial charge in [-0.25, -0.2) is 0 Å². The van der Waals surface area contributed by atoms with Crippen LogP contribution in [0.4, 0.5) is 8.78 Å². The van der Waals surface area contributed by atoms with Crippen LogP contribution in [0.2, 0.25) is 0 Å². The number of hydrogen-bond donors (Lipinski definition) is 1. The van der Waals surface area contributed by atoms with Gasteiger partial charge in [0.15, 0.2) is 0 Å². The van der Waals surface area contributed by atoms with E-state index in [-0.39, 0.29) is 18.5 Å². The number of alkyl halides is 2. The first kappa shape index (κ1) is 14.8. The van der Waals surface area contributed by atoms with Crippen LogP contribution in [0, 0.1) is 0 Å². The molecule has 0 atom stereocenters. The summed E-state index contributed by atoms with van der Waals surface area (Å²) in [6.45, 7) is 10.9. The Morgan fingerprint density at radius 1 is 1.00 bits per heavy atom. The minimum absolute atomic E-state index is 0.141. The maximum Gasteiger partial charge on any atom is 0.357 e. The summed E-state index contributed by atoms with van der Waals surface area (Å²) in [6.07, 6.45) is -3.36. The van der Waals surface area contributed by atoms with Crippen molar-refractivity contribution in [2.45, 2.75) is 65.2 Å². The van der Waals surface area contributed by atoms with E-state index in [0.717, 1.165) is 0 Å². The van der Waals surface area contributed by atoms with E-state index in [1.807, 2.05) is 20.8 Å². The molecule has 0 fully saturated rings. The van der Waals surface area contributed by atoms with Gasteiger partial charge in [-0.2, -0.15) is 8.78 Å². The minimum Gasteiger partial charge on any atom is -0.315 e. The molecule has 0 rings (SSSR count). The van der Waals surface area contributed by atoms with Gasteiger partial charge in [0.2, 0.25) is 0 Å². The minimum atomic E-state index is -3.06. The lowest BCUT2D eigenvalue weighted by atomic mass is 10.1. The van der Waals surface area contributed by atoms with Gasteiger partial charge in [0.25, 0.3) is 0 Å². The topological polar surface area (TPSA) is 21.3 Å². The lowest BCUT2D eigenvalue weighted by molar-refractivity contribution is -0.285. The Bertz CT molecular complexity index is 192. The van der Waals surface area contributed by atoms with Crippen LogP contribution in [-0.2, 0) is 4.74 Å². The molecule has 0 aliphatic heterocycles. The third-order valence-electron chi connectivity index (χ3n) is 1.53. The number of nitrogens with one attached hydrogen (secondary N) is 1. The molecule has 92 valence electrons. The molecule has 0 bridgehead atoms. The highest BCUT2D eigenvalue weighted by Gasteiger charge is 2.34. The number of hydrogen-bond acceptors (Lipinski definition) is 2. The predicted molar refractivity (Wildman–Crippen MR) is 58.2 cm³/mol. The highest BCUT2D eigenvalue weighted by molar-refractivity contribution is 4.72. The summed E-state index contributed by atoms with van der Waals surface area (Å²) >= 11 is 0. The third-order valence-corrected chi connectivity index (χ3v) is 1.53. The molecule has 1 N–H and O–H groups in total. The number of halogens is 2. The van der Waals surface area contributed by atoms with Crippen LogP contribution >= 0.6 is 0 Å². The summed E-state index contributed by atoms with van der Waals surface area (Å²) in [4.78, 5) is 0. The van der Waals surface area contributed by atoms with Crippen molar-refractivity contribution in [1.29, 1.82) is 0 Å². The van der Waals surface area contributed by atoms with Gasteiger partial charge in [-0.15, -0.1) is 0 Å². The summed E-state index contributed by atoms with van der Waals surface area (Å²) in [5.41, 5.74) is -0.955. The lowest BCUT2D eigenvalue weighted by Gasteiger charge is -2.28. The Morgan fingerprint density at radius 3 is 1.80 bits per heavy atom. The molecule has 0 unspecified atom stereocenters. The van der Waals surface area contributed by atoms with Gasteiger partial charge in [-0.05, 0) is 41.5 Å². The lowest BCUT2D eigenvalue weighted by Crippen LogP contribution is -2.40. The first-order valence-electron chi connectivity index (χ1n) is 5.24. The second kappa shape index (κ2) is 4.74. The molecule has 0 aliphatic rings. The molecule has 15 heavy (non-hydrogen) atoms. The zero-order chi connectivity index (χ0) is 12.3. The van der Waals surface area contributed by atoms with Crippen molar-refractivity contribution < 1.29 is 13.5 Å². The van der Waals surface area contributed by atoms with E-state index in [4.69, 9.17) is 0 Å². The van der Waals surface area contributed by atoms with Crippen molar-refractivity contribution in [3.05, 3.63) is 0 Å². The van der Waals surface area contributed by atoms with E-state index in [1.165, 1.54) is 0 Å². The van der Waals surface area contributed by atoms with Crippen molar-refractivity contribution in [1.82, 2.24) is 5.32 Å². The van der Waals surface area contributed by atoms with E-state index >= 15 is 0 Å². The molecule has 0 heterocycles. The van der Waals surface area contributed by atoms with Crippen LogP contribution in [0.25, 0.3) is 0 Å². The zero-order valence-corrected chi connectivity index (χ0v) is 10.6. The summed E-state index contributed by atoms with van der Waals surface area (Å²) in [6, 6.07) is 0. The largest absolute Gasteiger partial charge is 0.357 e. The molecule has 0 radical (unpaired) electrons. The molecule has 0 aromatic rings. The molecule has 0 saturated heterocycles. The summed E-state index contributed by atoms with van der Waals surface area (Å²) in [5, 5.41) is 3.00. The SMILES string of the molecule is CC(C)(C)NCCC(F)(F)OC(C)(C)C. The molecule has 2 nitrogen and oxygen atoms in total. The highest BCUT2D eigenvalue weighted by atomic mass is 19.3. The number of ether oxygens (including phenoxy) is 1. The average Bonchev–Trinajstić information content (AvgIpc) is 1.75. The first-order valence-corrected chi connectivity index (χ1v) is 5.24. The van der Waals surface area contributed by atoms with Gasteiger partial charge in [0, 0.05) is 12.1 Å². The molecule has 0 saturated carbocycles. The van der Waals surface area contributed by atoms with Crippen molar-refractivity contribution in [2.75, 3.05) is 6.54 Å². The van der Waals surface area contributed by atoms with Crippen LogP contribution in [0.1, 0.15) is 48.0 Å². The van der Waals surface area contributed by atoms with Gasteiger partial charge in [-0.1, -0.05) is 0 Å². The monoisotopic (exact) mass is 223 g/mol. The van der Waals surface area contributed by atoms with Gasteiger partial charge in [0.05, 0.1) is 12.0 Å². The molecule has 0 amide bonds. The van der Waals surface area contributed by atoms with Gasteiger partial charge in [0.1, 0.15) is 0 Å². The molecular weight excluding hydrogens is 200 g/mol. The summed E-state index contributed by atoms with van der Waals surface area (Å²) in [5.74, 6) is 0. The fourth-order valence-corrected chi connectivity index (χ4v) is 1.08. The summed E-state index contributed by atoms with van der Waals surface area (Å²) in [7, 11) is 0. The fourth-order valence-electron chi connectivity index (χ4n) is 1.08. The smallest absolute Gasteiger partial charge is 0.315 e. The molecule has 0 aromatic heterocycles. The van der Waals surface area contributed by atoms with E-state index in [2.05, 4.69) is 10.1 Å².